The second kappa shape index (κ2) is 11.0. The van der Waals surface area contributed by atoms with Crippen LogP contribution in [0.5, 0.6) is 11.5 Å². The fraction of sp³-hybridized carbons (Fsp3) is 0.125. The average Bonchev–Trinajstić information content (AvgIpc) is 3.24. The van der Waals surface area contributed by atoms with Crippen LogP contribution in [0, 0.1) is 13.8 Å². The molecule has 1 heterocycles. The lowest BCUT2D eigenvalue weighted by Crippen LogP contribution is -2.18. The fourth-order valence-electron chi connectivity index (χ4n) is 4.53. The zero-order chi connectivity index (χ0) is 26.5. The van der Waals surface area contributed by atoms with Crippen molar-refractivity contribution >= 4 is 22.9 Å². The molecule has 0 aliphatic rings. The Kier molecular flexibility index (Phi) is 7.22. The summed E-state index contributed by atoms with van der Waals surface area (Å²) in [5.74, 6) is 0.989. The number of rotatable bonds is 8. The Labute approximate surface area is 222 Å². The van der Waals surface area contributed by atoms with Crippen LogP contribution in [-0.4, -0.2) is 23.8 Å². The van der Waals surface area contributed by atoms with Crippen molar-refractivity contribution in [3.63, 3.8) is 0 Å². The van der Waals surface area contributed by atoms with Gasteiger partial charge in [-0.3, -0.25) is 4.79 Å². The number of fused-ring (bicyclic) bond motifs is 1. The van der Waals surface area contributed by atoms with Crippen LogP contribution in [0.25, 0.3) is 16.5 Å². The Morgan fingerprint density at radius 2 is 1.58 bits per heavy atom. The van der Waals surface area contributed by atoms with Crippen molar-refractivity contribution in [3.05, 3.63) is 125 Å². The molecule has 5 aromatic rings. The number of aryl methyl sites for hydroxylation is 1. The number of ether oxygens (including phenoxy) is 2. The molecule has 0 atom stereocenters. The van der Waals surface area contributed by atoms with Gasteiger partial charge in [0.25, 0.3) is 5.91 Å². The summed E-state index contributed by atoms with van der Waals surface area (Å²) < 4.78 is 13.5. The SMILES string of the molecule is COc1cc2ccccc2cc1C(=O)N/N=C\c1cc(C)n(-c2ccc(OCc3ccccc3)cc2)c1C. The van der Waals surface area contributed by atoms with Gasteiger partial charge in [0, 0.05) is 22.6 Å². The summed E-state index contributed by atoms with van der Waals surface area (Å²) in [4.78, 5) is 12.9. The van der Waals surface area contributed by atoms with Gasteiger partial charge in [-0.2, -0.15) is 5.10 Å². The van der Waals surface area contributed by atoms with Gasteiger partial charge < -0.3 is 14.0 Å². The van der Waals surface area contributed by atoms with Crippen molar-refractivity contribution in [3.8, 4) is 17.2 Å². The van der Waals surface area contributed by atoms with E-state index in [1.807, 2.05) is 111 Å². The summed E-state index contributed by atoms with van der Waals surface area (Å²) in [5, 5.41) is 6.20. The summed E-state index contributed by atoms with van der Waals surface area (Å²) >= 11 is 0. The van der Waals surface area contributed by atoms with Crippen molar-refractivity contribution < 1.29 is 14.3 Å². The van der Waals surface area contributed by atoms with Gasteiger partial charge in [-0.15, -0.1) is 0 Å². The standard InChI is InChI=1S/C32H29N3O3/c1-22-17-27(20-33-34-32(36)30-18-25-11-7-8-12-26(25)19-31(30)37-3)23(2)35(22)28-13-15-29(16-14-28)38-21-24-9-5-4-6-10-24/h4-20H,21H2,1-3H3,(H,34,36)/b33-20-. The number of methoxy groups -OCH3 is 1. The predicted octanol–water partition coefficient (Wildman–Crippen LogP) is 6.60. The van der Waals surface area contributed by atoms with E-state index in [0.29, 0.717) is 17.9 Å². The Hall–Kier alpha value is -4.84. The number of benzene rings is 4. The van der Waals surface area contributed by atoms with Crippen LogP contribution < -0.4 is 14.9 Å². The number of hydrazone groups is 1. The van der Waals surface area contributed by atoms with Crippen LogP contribution in [-0.2, 0) is 6.61 Å². The molecule has 5 rings (SSSR count). The number of nitrogens with one attached hydrogen (secondary N) is 1. The van der Waals surface area contributed by atoms with Gasteiger partial charge in [0.2, 0.25) is 0 Å². The number of hydrogen-bond acceptors (Lipinski definition) is 4. The molecule has 6 nitrogen and oxygen atoms in total. The molecule has 0 aliphatic heterocycles. The number of nitrogens with zero attached hydrogens (tertiary/aromatic N) is 2. The first-order chi connectivity index (χ1) is 18.5. The average molecular weight is 504 g/mol. The quantitative estimate of drug-likeness (QED) is 0.192. The summed E-state index contributed by atoms with van der Waals surface area (Å²) in [7, 11) is 1.56. The summed E-state index contributed by atoms with van der Waals surface area (Å²) in [6.45, 7) is 4.60. The van der Waals surface area contributed by atoms with Gasteiger partial charge in [-0.05, 0) is 72.6 Å². The van der Waals surface area contributed by atoms with E-state index in [2.05, 4.69) is 15.1 Å². The maximum Gasteiger partial charge on any atom is 0.275 e. The molecule has 0 fully saturated rings. The fourth-order valence-corrected chi connectivity index (χ4v) is 4.53. The first-order valence-corrected chi connectivity index (χ1v) is 12.4. The zero-order valence-electron chi connectivity index (χ0n) is 21.6. The molecule has 0 aliphatic carbocycles. The van der Waals surface area contributed by atoms with Gasteiger partial charge in [-0.1, -0.05) is 54.6 Å². The van der Waals surface area contributed by atoms with E-state index in [4.69, 9.17) is 9.47 Å². The minimum Gasteiger partial charge on any atom is -0.496 e. The molecule has 0 unspecified atom stereocenters. The Morgan fingerprint density at radius 3 is 2.29 bits per heavy atom. The molecule has 1 aromatic heterocycles. The largest absolute Gasteiger partial charge is 0.496 e. The third-order valence-electron chi connectivity index (χ3n) is 6.50. The molecule has 4 aromatic carbocycles. The van der Waals surface area contributed by atoms with Gasteiger partial charge >= 0.3 is 0 Å². The van der Waals surface area contributed by atoms with Crippen molar-refractivity contribution in [2.45, 2.75) is 20.5 Å². The van der Waals surface area contributed by atoms with Crippen LogP contribution >= 0.6 is 0 Å². The van der Waals surface area contributed by atoms with E-state index < -0.39 is 0 Å². The highest BCUT2D eigenvalue weighted by Gasteiger charge is 2.14. The summed E-state index contributed by atoms with van der Waals surface area (Å²) in [6.07, 6.45) is 1.67. The van der Waals surface area contributed by atoms with E-state index in [9.17, 15) is 4.79 Å². The number of carbonyl (C=O) groups excluding carboxylic acids is 1. The lowest BCUT2D eigenvalue weighted by molar-refractivity contribution is 0.0952. The first kappa shape index (κ1) is 24.8. The van der Waals surface area contributed by atoms with Crippen LogP contribution in [0.4, 0.5) is 0 Å². The van der Waals surface area contributed by atoms with Crippen LogP contribution in [0.1, 0.15) is 32.9 Å². The second-order valence-corrected chi connectivity index (χ2v) is 9.03. The van der Waals surface area contributed by atoms with Crippen molar-refractivity contribution in [2.24, 2.45) is 5.10 Å². The molecule has 0 saturated carbocycles. The minimum absolute atomic E-state index is 0.330. The Bertz CT molecular complexity index is 1600. The van der Waals surface area contributed by atoms with Crippen LogP contribution in [0.3, 0.4) is 0 Å². The van der Waals surface area contributed by atoms with Gasteiger partial charge in [0.15, 0.2) is 0 Å². The highest BCUT2D eigenvalue weighted by atomic mass is 16.5. The third-order valence-corrected chi connectivity index (χ3v) is 6.50. The molecule has 0 bridgehead atoms. The lowest BCUT2D eigenvalue weighted by atomic mass is 10.1. The number of amides is 1. The molecule has 0 saturated heterocycles. The normalized spacial score (nSPS) is 11.1. The summed E-state index contributed by atoms with van der Waals surface area (Å²) in [5.41, 5.74) is 8.22. The van der Waals surface area contributed by atoms with E-state index in [1.165, 1.54) is 0 Å². The van der Waals surface area contributed by atoms with Crippen LogP contribution in [0.15, 0.2) is 102 Å². The molecular formula is C32H29N3O3. The van der Waals surface area contributed by atoms with E-state index in [1.54, 1.807) is 13.3 Å². The zero-order valence-corrected chi connectivity index (χ0v) is 21.6. The highest BCUT2D eigenvalue weighted by Crippen LogP contribution is 2.26. The summed E-state index contributed by atoms with van der Waals surface area (Å²) in [6, 6.07) is 31.7. The maximum atomic E-state index is 12.9. The molecule has 0 radical (unpaired) electrons. The molecule has 1 N–H and O–H groups in total. The van der Waals surface area contributed by atoms with Gasteiger partial charge in [-0.25, -0.2) is 5.43 Å². The Balaban J connectivity index is 1.28. The van der Waals surface area contributed by atoms with Crippen LogP contribution in [0.2, 0.25) is 0 Å². The smallest absolute Gasteiger partial charge is 0.275 e. The topological polar surface area (TPSA) is 64.8 Å². The molecule has 1 amide bonds. The number of carbonyl (C=O) groups is 1. The Morgan fingerprint density at radius 1 is 0.895 bits per heavy atom. The monoisotopic (exact) mass is 503 g/mol. The van der Waals surface area contributed by atoms with Crippen molar-refractivity contribution in [2.75, 3.05) is 7.11 Å². The number of hydrogen-bond donors (Lipinski definition) is 1. The third kappa shape index (κ3) is 5.30. The van der Waals surface area contributed by atoms with Crippen molar-refractivity contribution in [1.82, 2.24) is 9.99 Å². The van der Waals surface area contributed by atoms with E-state index in [-0.39, 0.29) is 5.91 Å². The first-order valence-electron chi connectivity index (χ1n) is 12.4. The van der Waals surface area contributed by atoms with E-state index >= 15 is 0 Å². The predicted molar refractivity (Wildman–Crippen MR) is 152 cm³/mol. The number of aromatic nitrogens is 1. The molecule has 6 heteroatoms. The molecule has 38 heavy (non-hydrogen) atoms. The van der Waals surface area contributed by atoms with Gasteiger partial charge in [0.1, 0.15) is 18.1 Å². The molecule has 0 spiro atoms. The maximum absolute atomic E-state index is 12.9. The van der Waals surface area contributed by atoms with E-state index in [0.717, 1.165) is 44.7 Å². The molecule has 190 valence electrons. The second-order valence-electron chi connectivity index (χ2n) is 9.03. The lowest BCUT2D eigenvalue weighted by Gasteiger charge is -2.11. The van der Waals surface area contributed by atoms with Crippen molar-refractivity contribution in [1.29, 1.82) is 0 Å². The minimum atomic E-state index is -0.330. The highest BCUT2D eigenvalue weighted by molar-refractivity contribution is 6.02. The van der Waals surface area contributed by atoms with Gasteiger partial charge in [0.05, 0.1) is 18.9 Å². The molecular weight excluding hydrogens is 474 g/mol.